The highest BCUT2D eigenvalue weighted by atomic mass is 35.5. The number of rotatable bonds is 2. The Kier molecular flexibility index (Phi) is 4.92. The number of aryl methyl sites for hydroxylation is 1. The minimum atomic E-state index is -0.646. The van der Waals surface area contributed by atoms with Crippen molar-refractivity contribution in [2.45, 2.75) is 33.3 Å². The number of carbonyl (C=O) groups is 1. The van der Waals surface area contributed by atoms with Gasteiger partial charge in [-0.05, 0) is 45.9 Å². The molecule has 0 saturated carbocycles. The second kappa shape index (κ2) is 6.90. The summed E-state index contributed by atoms with van der Waals surface area (Å²) < 4.78 is 7.04. The number of aromatic nitrogens is 3. The van der Waals surface area contributed by atoms with Crippen molar-refractivity contribution in [3.05, 3.63) is 40.1 Å². The van der Waals surface area contributed by atoms with Crippen molar-refractivity contribution >= 4 is 46.6 Å². The van der Waals surface area contributed by atoms with E-state index in [2.05, 4.69) is 15.3 Å². The summed E-state index contributed by atoms with van der Waals surface area (Å²) in [6, 6.07) is 5.09. The van der Waals surface area contributed by atoms with Gasteiger partial charge in [0.05, 0.1) is 28.3 Å². The van der Waals surface area contributed by atoms with E-state index in [4.69, 9.17) is 33.7 Å². The first-order valence-corrected chi connectivity index (χ1v) is 8.91. The molecule has 2 aromatic heterocycles. The molecule has 7 nitrogen and oxygen atoms in total. The normalized spacial score (nSPS) is 11.6. The quantitative estimate of drug-likeness (QED) is 0.626. The van der Waals surface area contributed by atoms with Crippen LogP contribution >= 0.6 is 23.2 Å². The number of amides is 1. The highest BCUT2D eigenvalue weighted by Gasteiger charge is 2.23. The Bertz CT molecular complexity index is 1040. The van der Waals surface area contributed by atoms with Gasteiger partial charge in [-0.2, -0.15) is 4.98 Å². The third-order valence-electron chi connectivity index (χ3n) is 3.63. The average Bonchev–Trinajstić information content (AvgIpc) is 2.87. The zero-order valence-electron chi connectivity index (χ0n) is 15.3. The second-order valence-corrected chi connectivity index (χ2v) is 7.85. The number of carbonyl (C=O) groups excluding carboxylic acids is 1. The van der Waals surface area contributed by atoms with E-state index in [-0.39, 0.29) is 0 Å². The standard InChI is InChI=1S/C18H19Cl2N5O2/c1-9-14(24-17(26)27-18(2,3)4)15(11-6-5-10(19)7-12(11)20)25-8-13(21)23-16(25)22-9/h5-8H,21H2,1-4H3,(H,24,26). The predicted octanol–water partition coefficient (Wildman–Crippen LogP) is 4.94. The number of imidazole rings is 1. The molecule has 3 aromatic rings. The molecule has 1 aromatic carbocycles. The van der Waals surface area contributed by atoms with Gasteiger partial charge in [-0.15, -0.1) is 0 Å². The molecule has 0 atom stereocenters. The van der Waals surface area contributed by atoms with Gasteiger partial charge in [0, 0.05) is 10.6 Å². The van der Waals surface area contributed by atoms with Crippen LogP contribution in [0, 0.1) is 6.92 Å². The molecule has 0 aliphatic heterocycles. The Labute approximate surface area is 166 Å². The molecule has 0 bridgehead atoms. The number of ether oxygens (including phenoxy) is 1. The Hall–Kier alpha value is -2.51. The third-order valence-corrected chi connectivity index (χ3v) is 4.17. The average molecular weight is 408 g/mol. The minimum absolute atomic E-state index is 0.294. The number of hydrogen-bond donors (Lipinski definition) is 2. The zero-order valence-corrected chi connectivity index (χ0v) is 16.8. The van der Waals surface area contributed by atoms with Gasteiger partial charge >= 0.3 is 6.09 Å². The molecule has 27 heavy (non-hydrogen) atoms. The van der Waals surface area contributed by atoms with Crippen molar-refractivity contribution in [3.8, 4) is 11.3 Å². The molecule has 142 valence electrons. The van der Waals surface area contributed by atoms with Crippen LogP contribution in [-0.4, -0.2) is 26.1 Å². The molecule has 0 fully saturated rings. The molecule has 1 amide bonds. The lowest BCUT2D eigenvalue weighted by Gasteiger charge is -2.21. The Morgan fingerprint density at radius 1 is 1.26 bits per heavy atom. The van der Waals surface area contributed by atoms with E-state index in [1.54, 1.807) is 56.5 Å². The van der Waals surface area contributed by atoms with E-state index in [1.165, 1.54) is 0 Å². The molecule has 0 spiro atoms. The number of fused-ring (bicyclic) bond motifs is 1. The summed E-state index contributed by atoms with van der Waals surface area (Å²) in [5.41, 5.74) is 7.40. The molecule has 2 heterocycles. The molecule has 0 aliphatic rings. The van der Waals surface area contributed by atoms with Crippen molar-refractivity contribution in [2.75, 3.05) is 11.1 Å². The number of nitrogens with zero attached hydrogens (tertiary/aromatic N) is 3. The fourth-order valence-corrected chi connectivity index (χ4v) is 3.13. The van der Waals surface area contributed by atoms with Crippen LogP contribution in [0.3, 0.4) is 0 Å². The zero-order chi connectivity index (χ0) is 19.9. The number of halogens is 2. The van der Waals surface area contributed by atoms with Gasteiger partial charge in [-0.25, -0.2) is 9.78 Å². The number of anilines is 2. The summed E-state index contributed by atoms with van der Waals surface area (Å²) in [5, 5.41) is 3.68. The molecule has 0 saturated heterocycles. The van der Waals surface area contributed by atoms with Crippen LogP contribution in [0.25, 0.3) is 17.0 Å². The summed E-state index contributed by atoms with van der Waals surface area (Å²) in [4.78, 5) is 21.0. The van der Waals surface area contributed by atoms with E-state index < -0.39 is 11.7 Å². The summed E-state index contributed by atoms with van der Waals surface area (Å²) >= 11 is 12.5. The first-order valence-electron chi connectivity index (χ1n) is 8.16. The first-order chi connectivity index (χ1) is 12.5. The van der Waals surface area contributed by atoms with Gasteiger partial charge in [0.25, 0.3) is 0 Å². The van der Waals surface area contributed by atoms with Crippen molar-refractivity contribution in [2.24, 2.45) is 0 Å². The molecule has 0 aliphatic carbocycles. The maximum Gasteiger partial charge on any atom is 0.412 e. The number of nitrogens with two attached hydrogens (primary N) is 1. The van der Waals surface area contributed by atoms with Crippen LogP contribution in [0.5, 0.6) is 0 Å². The van der Waals surface area contributed by atoms with Crippen LogP contribution in [0.4, 0.5) is 16.3 Å². The highest BCUT2D eigenvalue weighted by Crippen LogP contribution is 2.37. The maximum atomic E-state index is 12.4. The Morgan fingerprint density at radius 2 is 1.96 bits per heavy atom. The number of benzene rings is 1. The van der Waals surface area contributed by atoms with Crippen LogP contribution in [0.2, 0.25) is 10.0 Å². The fraction of sp³-hybridized carbons (Fsp3) is 0.278. The Balaban J connectivity index is 2.23. The summed E-state index contributed by atoms with van der Waals surface area (Å²) in [5.74, 6) is 0.684. The van der Waals surface area contributed by atoms with Crippen LogP contribution in [0.15, 0.2) is 24.4 Å². The molecular formula is C18H19Cl2N5O2. The van der Waals surface area contributed by atoms with E-state index in [0.717, 1.165) is 0 Å². The number of hydrogen-bond acceptors (Lipinski definition) is 5. The lowest BCUT2D eigenvalue weighted by atomic mass is 10.1. The lowest BCUT2D eigenvalue weighted by Crippen LogP contribution is -2.28. The van der Waals surface area contributed by atoms with Crippen molar-refractivity contribution < 1.29 is 9.53 Å². The van der Waals surface area contributed by atoms with E-state index in [1.807, 2.05) is 0 Å². The number of nitrogen functional groups attached to an aromatic ring is 1. The molecule has 0 unspecified atom stereocenters. The summed E-state index contributed by atoms with van der Waals surface area (Å²) in [6.45, 7) is 7.11. The molecule has 9 heteroatoms. The molecular weight excluding hydrogens is 389 g/mol. The van der Waals surface area contributed by atoms with Gasteiger partial charge < -0.3 is 10.5 Å². The second-order valence-electron chi connectivity index (χ2n) is 7.01. The van der Waals surface area contributed by atoms with E-state index in [9.17, 15) is 4.79 Å². The van der Waals surface area contributed by atoms with Gasteiger partial charge in [-0.1, -0.05) is 23.2 Å². The molecule has 3 rings (SSSR count). The van der Waals surface area contributed by atoms with Crippen molar-refractivity contribution in [1.29, 1.82) is 0 Å². The van der Waals surface area contributed by atoms with Gasteiger partial charge in [0.2, 0.25) is 5.78 Å². The fourth-order valence-electron chi connectivity index (χ4n) is 2.63. The predicted molar refractivity (Wildman–Crippen MR) is 107 cm³/mol. The van der Waals surface area contributed by atoms with E-state index in [0.29, 0.717) is 44.3 Å². The SMILES string of the molecule is Cc1nc2nc(N)cn2c(-c2ccc(Cl)cc2Cl)c1NC(=O)OC(C)(C)C. The minimum Gasteiger partial charge on any atom is -0.444 e. The van der Waals surface area contributed by atoms with Crippen molar-refractivity contribution in [3.63, 3.8) is 0 Å². The summed E-state index contributed by atoms with van der Waals surface area (Å²) in [7, 11) is 0. The lowest BCUT2D eigenvalue weighted by molar-refractivity contribution is 0.0635. The molecule has 0 radical (unpaired) electrons. The smallest absolute Gasteiger partial charge is 0.412 e. The van der Waals surface area contributed by atoms with Crippen LogP contribution in [0.1, 0.15) is 26.5 Å². The topological polar surface area (TPSA) is 94.5 Å². The van der Waals surface area contributed by atoms with Crippen molar-refractivity contribution in [1.82, 2.24) is 14.4 Å². The Morgan fingerprint density at radius 3 is 2.59 bits per heavy atom. The van der Waals surface area contributed by atoms with Crippen LogP contribution < -0.4 is 11.1 Å². The molecule has 3 N–H and O–H groups in total. The monoisotopic (exact) mass is 407 g/mol. The van der Waals surface area contributed by atoms with E-state index >= 15 is 0 Å². The van der Waals surface area contributed by atoms with Gasteiger partial charge in [0.15, 0.2) is 0 Å². The van der Waals surface area contributed by atoms with Gasteiger partial charge in [0.1, 0.15) is 11.4 Å². The van der Waals surface area contributed by atoms with Crippen LogP contribution in [-0.2, 0) is 4.74 Å². The highest BCUT2D eigenvalue weighted by molar-refractivity contribution is 6.36. The summed E-state index contributed by atoms with van der Waals surface area (Å²) in [6.07, 6.45) is 1.01. The largest absolute Gasteiger partial charge is 0.444 e. The first kappa shape index (κ1) is 19.3. The third kappa shape index (κ3) is 4.09. The number of nitrogens with one attached hydrogen (secondary N) is 1. The maximum absolute atomic E-state index is 12.4. The van der Waals surface area contributed by atoms with Gasteiger partial charge in [-0.3, -0.25) is 9.72 Å².